The third kappa shape index (κ3) is 5.57. The third-order valence-corrected chi connectivity index (χ3v) is 6.38. The largest absolute Gasteiger partial charge is 0.357 e. The van der Waals surface area contributed by atoms with E-state index < -0.39 is 0 Å². The summed E-state index contributed by atoms with van der Waals surface area (Å²) in [6.45, 7) is 11.9. The zero-order valence-corrected chi connectivity index (χ0v) is 19.1. The summed E-state index contributed by atoms with van der Waals surface area (Å²) in [5.41, 5.74) is 0.0829. The van der Waals surface area contributed by atoms with Gasteiger partial charge in [-0.25, -0.2) is 0 Å². The number of hydrogen-bond acceptors (Lipinski definition) is 3. The zero-order valence-electron chi connectivity index (χ0n) is 15.9. The minimum absolute atomic E-state index is 0. The molecule has 1 aliphatic heterocycles. The van der Waals surface area contributed by atoms with Gasteiger partial charge < -0.3 is 10.6 Å². The van der Waals surface area contributed by atoms with E-state index in [0.717, 1.165) is 31.6 Å². The highest BCUT2D eigenvalue weighted by Gasteiger charge is 2.38. The molecule has 1 aromatic rings. The standard InChI is InChI=1S/C19H32N4S.HI/c1-5-20-18(21-13-19(3,4)17-7-6-10-24-17)22-15-11-14(2)23(12-15)16-8-9-16;/h6-7,10,14-16H,5,8-9,11-13H2,1-4H3,(H2,20,21,22);1H. The fourth-order valence-corrected chi connectivity index (χ4v) is 4.45. The van der Waals surface area contributed by atoms with Crippen LogP contribution >= 0.6 is 35.3 Å². The van der Waals surface area contributed by atoms with Crippen molar-refractivity contribution in [3.63, 3.8) is 0 Å². The Morgan fingerprint density at radius 2 is 2.16 bits per heavy atom. The molecule has 6 heteroatoms. The molecule has 2 N–H and O–H groups in total. The fourth-order valence-electron chi connectivity index (χ4n) is 3.61. The summed E-state index contributed by atoms with van der Waals surface area (Å²) in [6.07, 6.45) is 4.00. The van der Waals surface area contributed by atoms with E-state index in [0.29, 0.717) is 12.1 Å². The van der Waals surface area contributed by atoms with Crippen molar-refractivity contribution >= 4 is 41.3 Å². The van der Waals surface area contributed by atoms with Crippen LogP contribution in [0.4, 0.5) is 0 Å². The number of nitrogens with zero attached hydrogens (tertiary/aromatic N) is 2. The van der Waals surface area contributed by atoms with Crippen LogP contribution in [0.2, 0.25) is 0 Å². The Bertz CT molecular complexity index is 554. The first-order valence-electron chi connectivity index (χ1n) is 9.34. The van der Waals surface area contributed by atoms with E-state index in [4.69, 9.17) is 4.99 Å². The average molecular weight is 476 g/mol. The van der Waals surface area contributed by atoms with Crippen molar-refractivity contribution in [3.05, 3.63) is 22.4 Å². The lowest BCUT2D eigenvalue weighted by Crippen LogP contribution is -2.45. The number of aliphatic imine (C=N–C) groups is 1. The molecule has 2 atom stereocenters. The molecule has 2 unspecified atom stereocenters. The van der Waals surface area contributed by atoms with Crippen molar-refractivity contribution in [3.8, 4) is 0 Å². The van der Waals surface area contributed by atoms with Gasteiger partial charge in [-0.3, -0.25) is 9.89 Å². The summed E-state index contributed by atoms with van der Waals surface area (Å²) in [7, 11) is 0. The van der Waals surface area contributed by atoms with Crippen LogP contribution in [0.25, 0.3) is 0 Å². The number of guanidine groups is 1. The monoisotopic (exact) mass is 476 g/mol. The van der Waals surface area contributed by atoms with Crippen LogP contribution in [-0.4, -0.2) is 48.6 Å². The molecule has 1 aromatic heterocycles. The Morgan fingerprint density at radius 3 is 2.76 bits per heavy atom. The Labute approximate surface area is 173 Å². The van der Waals surface area contributed by atoms with E-state index in [9.17, 15) is 0 Å². The van der Waals surface area contributed by atoms with E-state index in [1.54, 1.807) is 0 Å². The van der Waals surface area contributed by atoms with Gasteiger partial charge in [-0.05, 0) is 44.6 Å². The summed E-state index contributed by atoms with van der Waals surface area (Å²) in [4.78, 5) is 8.97. The molecular formula is C19H33IN4S. The number of likely N-dealkylation sites (tertiary alicyclic amines) is 1. The molecule has 1 aliphatic carbocycles. The Kier molecular flexibility index (Phi) is 7.58. The topological polar surface area (TPSA) is 39.7 Å². The van der Waals surface area contributed by atoms with Gasteiger partial charge in [0.25, 0.3) is 0 Å². The smallest absolute Gasteiger partial charge is 0.191 e. The molecule has 2 fully saturated rings. The van der Waals surface area contributed by atoms with E-state index >= 15 is 0 Å². The number of nitrogens with one attached hydrogen (secondary N) is 2. The maximum absolute atomic E-state index is 4.90. The minimum Gasteiger partial charge on any atom is -0.357 e. The van der Waals surface area contributed by atoms with Gasteiger partial charge in [0, 0.05) is 41.5 Å². The average Bonchev–Trinajstić information content (AvgIpc) is 3.07. The van der Waals surface area contributed by atoms with Crippen molar-refractivity contribution in [1.82, 2.24) is 15.5 Å². The second-order valence-electron chi connectivity index (χ2n) is 7.91. The Morgan fingerprint density at radius 1 is 1.40 bits per heavy atom. The molecule has 0 aromatic carbocycles. The van der Waals surface area contributed by atoms with Crippen LogP contribution in [0, 0.1) is 0 Å². The molecule has 1 saturated carbocycles. The molecule has 0 amide bonds. The van der Waals surface area contributed by atoms with Gasteiger partial charge in [0.2, 0.25) is 0 Å². The van der Waals surface area contributed by atoms with Gasteiger partial charge in [-0.2, -0.15) is 0 Å². The quantitative estimate of drug-likeness (QED) is 0.373. The SMILES string of the molecule is CCNC(=NCC(C)(C)c1cccs1)NC1CC(C)N(C2CC2)C1.I. The molecule has 4 nitrogen and oxygen atoms in total. The molecule has 2 aliphatic rings. The van der Waals surface area contributed by atoms with Crippen LogP contribution in [0.5, 0.6) is 0 Å². The molecule has 3 rings (SSSR count). The van der Waals surface area contributed by atoms with Crippen molar-refractivity contribution < 1.29 is 0 Å². The molecule has 2 heterocycles. The normalized spacial score (nSPS) is 24.9. The lowest BCUT2D eigenvalue weighted by atomic mass is 9.92. The molecule has 0 radical (unpaired) electrons. The number of rotatable bonds is 6. The Balaban J connectivity index is 0.00000225. The van der Waals surface area contributed by atoms with E-state index in [1.165, 1.54) is 24.1 Å². The fraction of sp³-hybridized carbons (Fsp3) is 0.737. The highest BCUT2D eigenvalue weighted by atomic mass is 127. The molecule has 1 saturated heterocycles. The molecule has 0 bridgehead atoms. The molecule has 0 spiro atoms. The van der Waals surface area contributed by atoms with Gasteiger partial charge in [0.05, 0.1) is 6.54 Å². The Hall–Kier alpha value is -0.340. The summed E-state index contributed by atoms with van der Waals surface area (Å²) in [5.74, 6) is 0.969. The van der Waals surface area contributed by atoms with Crippen molar-refractivity contribution in [1.29, 1.82) is 0 Å². The predicted octanol–water partition coefficient (Wildman–Crippen LogP) is 3.82. The molecular weight excluding hydrogens is 443 g/mol. The number of hydrogen-bond donors (Lipinski definition) is 2. The summed E-state index contributed by atoms with van der Waals surface area (Å²) >= 11 is 1.82. The second-order valence-corrected chi connectivity index (χ2v) is 8.86. The van der Waals surface area contributed by atoms with Crippen molar-refractivity contribution in [2.75, 3.05) is 19.6 Å². The van der Waals surface area contributed by atoms with Crippen LogP contribution in [0.1, 0.15) is 51.8 Å². The first kappa shape index (κ1) is 21.0. The van der Waals surface area contributed by atoms with Crippen LogP contribution in [0.15, 0.2) is 22.5 Å². The number of thiophene rings is 1. The lowest BCUT2D eigenvalue weighted by molar-refractivity contribution is 0.256. The summed E-state index contributed by atoms with van der Waals surface area (Å²) in [6, 6.07) is 6.40. The lowest BCUT2D eigenvalue weighted by Gasteiger charge is -2.23. The number of halogens is 1. The minimum atomic E-state index is 0. The van der Waals surface area contributed by atoms with Gasteiger partial charge in [-0.15, -0.1) is 35.3 Å². The van der Waals surface area contributed by atoms with Gasteiger partial charge in [-0.1, -0.05) is 19.9 Å². The second kappa shape index (κ2) is 9.04. The van der Waals surface area contributed by atoms with Crippen LogP contribution in [0.3, 0.4) is 0 Å². The third-order valence-electron chi connectivity index (χ3n) is 5.14. The maximum atomic E-state index is 4.90. The van der Waals surface area contributed by atoms with Crippen molar-refractivity contribution in [2.24, 2.45) is 4.99 Å². The predicted molar refractivity (Wildman–Crippen MR) is 119 cm³/mol. The van der Waals surface area contributed by atoms with Crippen LogP contribution < -0.4 is 10.6 Å². The molecule has 25 heavy (non-hydrogen) atoms. The zero-order chi connectivity index (χ0) is 17.2. The van der Waals surface area contributed by atoms with Crippen molar-refractivity contribution in [2.45, 2.75) is 70.5 Å². The first-order valence-corrected chi connectivity index (χ1v) is 10.2. The van der Waals surface area contributed by atoms with Gasteiger partial charge >= 0.3 is 0 Å². The van der Waals surface area contributed by atoms with E-state index in [-0.39, 0.29) is 29.4 Å². The summed E-state index contributed by atoms with van der Waals surface area (Å²) < 4.78 is 0. The van der Waals surface area contributed by atoms with Crippen LogP contribution in [-0.2, 0) is 5.41 Å². The highest BCUT2D eigenvalue weighted by molar-refractivity contribution is 14.0. The van der Waals surface area contributed by atoms with Gasteiger partial charge in [0.15, 0.2) is 5.96 Å². The first-order chi connectivity index (χ1) is 11.5. The maximum Gasteiger partial charge on any atom is 0.191 e. The summed E-state index contributed by atoms with van der Waals surface area (Å²) in [5, 5.41) is 9.25. The van der Waals surface area contributed by atoms with E-state index in [2.05, 4.69) is 60.7 Å². The molecule has 142 valence electrons. The highest BCUT2D eigenvalue weighted by Crippen LogP contribution is 2.33. The van der Waals surface area contributed by atoms with Gasteiger partial charge in [0.1, 0.15) is 0 Å². The van der Waals surface area contributed by atoms with E-state index in [1.807, 2.05) is 11.3 Å².